The van der Waals surface area contributed by atoms with Crippen LogP contribution >= 0.6 is 0 Å². The van der Waals surface area contributed by atoms with Gasteiger partial charge in [0.25, 0.3) is 0 Å². The van der Waals surface area contributed by atoms with E-state index in [1.165, 1.54) is 21.6 Å². The molecule has 17 heavy (non-hydrogen) atoms. The Morgan fingerprint density at radius 3 is 2.35 bits per heavy atom. The third kappa shape index (κ3) is 3.07. The van der Waals surface area contributed by atoms with E-state index in [1.807, 2.05) is 26.0 Å². The first-order valence-corrected chi connectivity index (χ1v) is 6.09. The second-order valence-corrected chi connectivity index (χ2v) is 3.61. The fraction of sp³-hybridized carbons (Fsp3) is 0.176. The van der Waals surface area contributed by atoms with Crippen LogP contribution in [0.2, 0.25) is 0 Å². The standard InChI is InChI=1S/C15H14.C2H6/c1-3-12-9-10-14-7-5-6-8-15(14)13(4-2)11-12;1-2/h3-10H,1-2,11H2;1-2H3. The summed E-state index contributed by atoms with van der Waals surface area (Å²) in [5.74, 6) is 0. The van der Waals surface area contributed by atoms with E-state index in [9.17, 15) is 0 Å². The van der Waals surface area contributed by atoms with Crippen LogP contribution in [-0.4, -0.2) is 0 Å². The maximum absolute atomic E-state index is 3.88. The fourth-order valence-corrected chi connectivity index (χ4v) is 1.83. The molecule has 0 N–H and O–H groups in total. The van der Waals surface area contributed by atoms with Crippen LogP contribution in [0.25, 0.3) is 11.6 Å². The molecule has 0 unspecified atom stereocenters. The van der Waals surface area contributed by atoms with Crippen molar-refractivity contribution in [2.75, 3.05) is 0 Å². The van der Waals surface area contributed by atoms with Crippen molar-refractivity contribution in [3.8, 4) is 0 Å². The Hall–Kier alpha value is -1.82. The zero-order valence-electron chi connectivity index (χ0n) is 10.7. The van der Waals surface area contributed by atoms with Gasteiger partial charge in [-0.25, -0.2) is 0 Å². The summed E-state index contributed by atoms with van der Waals surface area (Å²) in [5, 5.41) is 2.53. The summed E-state index contributed by atoms with van der Waals surface area (Å²) in [4.78, 5) is 0. The van der Waals surface area contributed by atoms with Crippen LogP contribution in [0, 0.1) is 0 Å². The predicted octanol–water partition coefficient (Wildman–Crippen LogP) is 3.35. The van der Waals surface area contributed by atoms with Gasteiger partial charge >= 0.3 is 0 Å². The number of allylic oxidation sites excluding steroid dienone is 4. The lowest BCUT2D eigenvalue weighted by molar-refractivity contribution is 1.31. The highest BCUT2D eigenvalue weighted by Crippen LogP contribution is 2.13. The van der Waals surface area contributed by atoms with Gasteiger partial charge in [-0.05, 0) is 28.0 Å². The van der Waals surface area contributed by atoms with E-state index < -0.39 is 0 Å². The average molecular weight is 224 g/mol. The first kappa shape index (κ1) is 13.2. The van der Waals surface area contributed by atoms with Crippen LogP contribution in [0.3, 0.4) is 0 Å². The van der Waals surface area contributed by atoms with Gasteiger partial charge in [-0.1, -0.05) is 75.6 Å². The average Bonchev–Trinajstić information content (AvgIpc) is 2.60. The van der Waals surface area contributed by atoms with Crippen molar-refractivity contribution in [2.24, 2.45) is 0 Å². The zero-order valence-corrected chi connectivity index (χ0v) is 10.7. The quantitative estimate of drug-likeness (QED) is 0.722. The van der Waals surface area contributed by atoms with Crippen LogP contribution in [0.1, 0.15) is 20.3 Å². The number of hydrogen-bond acceptors (Lipinski definition) is 0. The summed E-state index contributed by atoms with van der Waals surface area (Å²) in [7, 11) is 0. The van der Waals surface area contributed by atoms with Gasteiger partial charge in [-0.15, -0.1) is 0 Å². The lowest BCUT2D eigenvalue weighted by atomic mass is 10.0. The minimum atomic E-state index is 0.917. The molecule has 2 rings (SSSR count). The van der Waals surface area contributed by atoms with Crippen molar-refractivity contribution >= 4 is 11.6 Å². The highest BCUT2D eigenvalue weighted by molar-refractivity contribution is 5.63. The van der Waals surface area contributed by atoms with Crippen molar-refractivity contribution < 1.29 is 0 Å². The molecule has 0 aromatic heterocycles. The highest BCUT2D eigenvalue weighted by atomic mass is 14.1. The van der Waals surface area contributed by atoms with E-state index in [-0.39, 0.29) is 0 Å². The molecule has 1 aliphatic rings. The van der Waals surface area contributed by atoms with E-state index in [2.05, 4.69) is 49.6 Å². The van der Waals surface area contributed by atoms with Gasteiger partial charge in [0.1, 0.15) is 0 Å². The Kier molecular flexibility index (Phi) is 5.22. The number of rotatable bonds is 2. The van der Waals surface area contributed by atoms with E-state index >= 15 is 0 Å². The molecule has 1 aromatic rings. The van der Waals surface area contributed by atoms with Crippen LogP contribution in [0.5, 0.6) is 0 Å². The monoisotopic (exact) mass is 224 g/mol. The van der Waals surface area contributed by atoms with Gasteiger partial charge in [0.15, 0.2) is 0 Å². The molecule has 0 fully saturated rings. The molecule has 1 aliphatic carbocycles. The molecule has 0 aliphatic heterocycles. The summed E-state index contributed by atoms with van der Waals surface area (Å²) >= 11 is 0. The van der Waals surface area contributed by atoms with E-state index in [4.69, 9.17) is 0 Å². The van der Waals surface area contributed by atoms with Crippen LogP contribution in [0.15, 0.2) is 61.2 Å². The second-order valence-electron chi connectivity index (χ2n) is 3.61. The molecule has 88 valence electrons. The molecule has 0 atom stereocenters. The normalized spacial score (nSPS) is 13.1. The Bertz CT molecular complexity index is 542. The Balaban J connectivity index is 0.000000686. The van der Waals surface area contributed by atoms with Crippen LogP contribution < -0.4 is 10.4 Å². The van der Waals surface area contributed by atoms with Crippen molar-refractivity contribution in [3.05, 3.63) is 71.7 Å². The van der Waals surface area contributed by atoms with Crippen molar-refractivity contribution in [1.82, 2.24) is 0 Å². The lowest BCUT2D eigenvalue weighted by Gasteiger charge is -2.01. The van der Waals surface area contributed by atoms with Crippen LogP contribution in [0.4, 0.5) is 0 Å². The van der Waals surface area contributed by atoms with E-state index in [1.54, 1.807) is 0 Å². The summed E-state index contributed by atoms with van der Waals surface area (Å²) < 4.78 is 0. The van der Waals surface area contributed by atoms with E-state index in [0.29, 0.717) is 0 Å². The lowest BCUT2D eigenvalue weighted by Crippen LogP contribution is -2.25. The van der Waals surface area contributed by atoms with Crippen molar-refractivity contribution in [1.29, 1.82) is 0 Å². The third-order valence-electron chi connectivity index (χ3n) is 2.69. The van der Waals surface area contributed by atoms with Gasteiger partial charge in [0, 0.05) is 0 Å². The molecular weight excluding hydrogens is 204 g/mol. The first-order valence-electron chi connectivity index (χ1n) is 6.09. The van der Waals surface area contributed by atoms with Gasteiger partial charge in [-0.2, -0.15) is 0 Å². The Labute approximate surface area is 104 Å². The molecule has 0 spiro atoms. The summed E-state index contributed by atoms with van der Waals surface area (Å²) in [5.41, 5.74) is 2.51. The molecule has 0 amide bonds. The smallest absolute Gasteiger partial charge is 0.00200 e. The van der Waals surface area contributed by atoms with Gasteiger partial charge < -0.3 is 0 Å². The van der Waals surface area contributed by atoms with Gasteiger partial charge in [0.2, 0.25) is 0 Å². The molecule has 0 nitrogen and oxygen atoms in total. The van der Waals surface area contributed by atoms with Gasteiger partial charge in [0.05, 0.1) is 0 Å². The minimum absolute atomic E-state index is 0.917. The van der Waals surface area contributed by atoms with E-state index in [0.717, 1.165) is 6.42 Å². The van der Waals surface area contributed by atoms with Crippen molar-refractivity contribution in [2.45, 2.75) is 20.3 Å². The molecule has 0 saturated heterocycles. The first-order chi connectivity index (χ1) is 8.35. The van der Waals surface area contributed by atoms with Crippen molar-refractivity contribution in [3.63, 3.8) is 0 Å². The molecule has 0 radical (unpaired) electrons. The maximum Gasteiger partial charge on any atom is -0.00200 e. The Morgan fingerprint density at radius 2 is 1.71 bits per heavy atom. The number of hydrogen-bond donors (Lipinski definition) is 0. The predicted molar refractivity (Wildman–Crippen MR) is 78.0 cm³/mol. The Morgan fingerprint density at radius 1 is 1.00 bits per heavy atom. The summed E-state index contributed by atoms with van der Waals surface area (Å²) in [6.45, 7) is 11.7. The summed E-state index contributed by atoms with van der Waals surface area (Å²) in [6.07, 6.45) is 9.03. The van der Waals surface area contributed by atoms with Gasteiger partial charge in [-0.3, -0.25) is 0 Å². The largest absolute Gasteiger partial charge is 0.0988 e. The molecule has 0 bridgehead atoms. The zero-order chi connectivity index (χ0) is 12.7. The topological polar surface area (TPSA) is 0 Å². The number of fused-ring (bicyclic) bond motifs is 1. The molecular formula is C17H20. The van der Waals surface area contributed by atoms with Crippen LogP contribution in [-0.2, 0) is 0 Å². The molecule has 0 heterocycles. The second kappa shape index (κ2) is 6.70. The highest BCUT2D eigenvalue weighted by Gasteiger charge is 2.01. The summed E-state index contributed by atoms with van der Waals surface area (Å²) in [6, 6.07) is 8.39. The number of benzene rings is 1. The third-order valence-corrected chi connectivity index (χ3v) is 2.69. The SMILES string of the molecule is C=CC1=CC=c2ccccc2=C(C=C)C1.CC. The molecule has 0 saturated carbocycles. The molecule has 0 heteroatoms. The molecule has 1 aromatic carbocycles. The maximum atomic E-state index is 3.88. The fourth-order valence-electron chi connectivity index (χ4n) is 1.83. The minimum Gasteiger partial charge on any atom is -0.0988 e.